The normalized spacial score (nSPS) is 12.8. The summed E-state index contributed by atoms with van der Waals surface area (Å²) in [6.07, 6.45) is 1.58. The average molecular weight is 298 g/mol. The second-order valence-electron chi connectivity index (χ2n) is 4.52. The van der Waals surface area contributed by atoms with Gasteiger partial charge in [0.25, 0.3) is 5.56 Å². The van der Waals surface area contributed by atoms with E-state index in [2.05, 4.69) is 11.9 Å². The van der Waals surface area contributed by atoms with E-state index >= 15 is 0 Å². The highest BCUT2D eigenvalue weighted by Gasteiger charge is 2.05. The minimum atomic E-state index is -0.102. The Morgan fingerprint density at radius 3 is 3.05 bits per heavy atom. The van der Waals surface area contributed by atoms with Crippen molar-refractivity contribution >= 4 is 29.0 Å². The SMILES string of the molecule is CC(CN)CSCc1cc(=O)n2cc(Cl)ccc2n1. The van der Waals surface area contributed by atoms with Gasteiger partial charge in [-0.15, -0.1) is 0 Å². The first-order valence-electron chi connectivity index (χ1n) is 6.06. The van der Waals surface area contributed by atoms with Crippen molar-refractivity contribution in [2.75, 3.05) is 12.3 Å². The molecule has 0 saturated carbocycles. The zero-order valence-electron chi connectivity index (χ0n) is 10.7. The van der Waals surface area contributed by atoms with Crippen LogP contribution in [-0.2, 0) is 5.75 Å². The number of rotatable bonds is 5. The summed E-state index contributed by atoms with van der Waals surface area (Å²) in [6.45, 7) is 2.79. The highest BCUT2D eigenvalue weighted by Crippen LogP contribution is 2.14. The molecule has 6 heteroatoms. The topological polar surface area (TPSA) is 60.4 Å². The molecule has 2 heterocycles. The van der Waals surface area contributed by atoms with Crippen molar-refractivity contribution in [1.82, 2.24) is 9.38 Å². The summed E-state index contributed by atoms with van der Waals surface area (Å²) in [6, 6.07) is 5.04. The number of nitrogens with zero attached hydrogens (tertiary/aromatic N) is 2. The molecule has 102 valence electrons. The lowest BCUT2D eigenvalue weighted by molar-refractivity contribution is 0.675. The summed E-state index contributed by atoms with van der Waals surface area (Å²) >= 11 is 7.60. The molecular formula is C13H16ClN3OS. The van der Waals surface area contributed by atoms with Crippen molar-refractivity contribution in [3.05, 3.63) is 45.5 Å². The molecule has 1 unspecified atom stereocenters. The van der Waals surface area contributed by atoms with Crippen molar-refractivity contribution in [3.63, 3.8) is 0 Å². The zero-order valence-corrected chi connectivity index (χ0v) is 12.2. The van der Waals surface area contributed by atoms with Gasteiger partial charge in [-0.2, -0.15) is 11.8 Å². The van der Waals surface area contributed by atoms with E-state index in [1.54, 1.807) is 36.2 Å². The molecule has 0 saturated heterocycles. The maximum atomic E-state index is 11.9. The molecule has 0 spiro atoms. The average Bonchev–Trinajstić information content (AvgIpc) is 2.39. The van der Waals surface area contributed by atoms with E-state index in [4.69, 9.17) is 17.3 Å². The molecule has 0 aromatic carbocycles. The first kappa shape index (κ1) is 14.4. The number of nitrogens with two attached hydrogens (primary N) is 1. The van der Waals surface area contributed by atoms with Crippen LogP contribution in [0.4, 0.5) is 0 Å². The van der Waals surface area contributed by atoms with E-state index in [0.29, 0.717) is 23.1 Å². The predicted octanol–water partition coefficient (Wildman–Crippen LogP) is 2.18. The molecule has 2 N–H and O–H groups in total. The van der Waals surface area contributed by atoms with Crippen LogP contribution in [0.25, 0.3) is 5.65 Å². The van der Waals surface area contributed by atoms with Gasteiger partial charge in [0, 0.05) is 18.0 Å². The number of hydrogen-bond acceptors (Lipinski definition) is 4. The third-order valence-electron chi connectivity index (χ3n) is 2.73. The van der Waals surface area contributed by atoms with Crippen molar-refractivity contribution in [2.45, 2.75) is 12.7 Å². The van der Waals surface area contributed by atoms with Gasteiger partial charge in [-0.05, 0) is 30.3 Å². The molecule has 2 rings (SSSR count). The minimum absolute atomic E-state index is 0.102. The second kappa shape index (κ2) is 6.41. The number of halogens is 1. The van der Waals surface area contributed by atoms with E-state index in [0.717, 1.165) is 17.2 Å². The van der Waals surface area contributed by atoms with Crippen LogP contribution < -0.4 is 11.3 Å². The molecule has 0 fully saturated rings. The summed E-state index contributed by atoms with van der Waals surface area (Å²) in [7, 11) is 0. The molecule has 0 aliphatic rings. The second-order valence-corrected chi connectivity index (χ2v) is 5.98. The fourth-order valence-corrected chi connectivity index (χ4v) is 2.81. The molecule has 1 atom stereocenters. The van der Waals surface area contributed by atoms with Gasteiger partial charge in [0.15, 0.2) is 0 Å². The van der Waals surface area contributed by atoms with E-state index < -0.39 is 0 Å². The predicted molar refractivity (Wildman–Crippen MR) is 80.9 cm³/mol. The van der Waals surface area contributed by atoms with Crippen molar-refractivity contribution < 1.29 is 0 Å². The Labute approximate surface area is 121 Å². The first-order chi connectivity index (χ1) is 9.10. The summed E-state index contributed by atoms with van der Waals surface area (Å²) in [5.41, 5.74) is 6.89. The quantitative estimate of drug-likeness (QED) is 0.919. The summed E-state index contributed by atoms with van der Waals surface area (Å²) in [5.74, 6) is 2.17. The fraction of sp³-hybridized carbons (Fsp3) is 0.385. The van der Waals surface area contributed by atoms with Crippen molar-refractivity contribution in [2.24, 2.45) is 11.7 Å². The Balaban J connectivity index is 2.17. The lowest BCUT2D eigenvalue weighted by Crippen LogP contribution is -2.15. The largest absolute Gasteiger partial charge is 0.330 e. The Morgan fingerprint density at radius 2 is 2.32 bits per heavy atom. The third kappa shape index (κ3) is 3.72. The van der Waals surface area contributed by atoms with Gasteiger partial charge in [0.05, 0.1) is 10.7 Å². The van der Waals surface area contributed by atoms with Crippen LogP contribution in [0.5, 0.6) is 0 Å². The number of fused-ring (bicyclic) bond motifs is 1. The first-order valence-corrected chi connectivity index (χ1v) is 7.59. The van der Waals surface area contributed by atoms with Crippen LogP contribution in [0.2, 0.25) is 5.02 Å². The van der Waals surface area contributed by atoms with Gasteiger partial charge in [0.1, 0.15) is 5.65 Å². The molecule has 0 bridgehead atoms. The lowest BCUT2D eigenvalue weighted by Gasteiger charge is -2.08. The summed E-state index contributed by atoms with van der Waals surface area (Å²) < 4.78 is 1.46. The van der Waals surface area contributed by atoms with E-state index in [1.165, 1.54) is 4.40 Å². The standard InChI is InChI=1S/C13H16ClN3OS/c1-9(5-15)7-19-8-11-4-13(18)17-6-10(14)2-3-12(17)16-11/h2-4,6,9H,5,7-8,15H2,1H3. The molecule has 0 radical (unpaired) electrons. The van der Waals surface area contributed by atoms with Gasteiger partial charge in [-0.25, -0.2) is 4.98 Å². The molecule has 2 aromatic rings. The monoisotopic (exact) mass is 297 g/mol. The Kier molecular flexibility index (Phi) is 4.85. The summed E-state index contributed by atoms with van der Waals surface area (Å²) in [5, 5.41) is 0.523. The molecule has 2 aromatic heterocycles. The molecule has 0 amide bonds. The fourth-order valence-electron chi connectivity index (χ4n) is 1.63. The molecule has 4 nitrogen and oxygen atoms in total. The number of aromatic nitrogens is 2. The van der Waals surface area contributed by atoms with Crippen LogP contribution in [0.3, 0.4) is 0 Å². The number of hydrogen-bond donors (Lipinski definition) is 1. The Morgan fingerprint density at radius 1 is 1.53 bits per heavy atom. The van der Waals surface area contributed by atoms with Crippen molar-refractivity contribution in [1.29, 1.82) is 0 Å². The third-order valence-corrected chi connectivity index (χ3v) is 4.26. The van der Waals surface area contributed by atoms with Crippen LogP contribution in [-0.4, -0.2) is 21.7 Å². The van der Waals surface area contributed by atoms with Gasteiger partial charge in [-0.1, -0.05) is 18.5 Å². The molecular weight excluding hydrogens is 282 g/mol. The highest BCUT2D eigenvalue weighted by molar-refractivity contribution is 7.98. The molecule has 19 heavy (non-hydrogen) atoms. The Bertz CT molecular complexity index is 629. The van der Waals surface area contributed by atoms with E-state index in [-0.39, 0.29) is 5.56 Å². The highest BCUT2D eigenvalue weighted by atomic mass is 35.5. The zero-order chi connectivity index (χ0) is 13.8. The Hall–Kier alpha value is -1.04. The smallest absolute Gasteiger partial charge is 0.258 e. The van der Waals surface area contributed by atoms with Gasteiger partial charge in [0.2, 0.25) is 0 Å². The molecule has 0 aliphatic carbocycles. The number of pyridine rings is 1. The maximum absolute atomic E-state index is 11.9. The van der Waals surface area contributed by atoms with Crippen LogP contribution in [0.1, 0.15) is 12.6 Å². The maximum Gasteiger partial charge on any atom is 0.258 e. The summed E-state index contributed by atoms with van der Waals surface area (Å²) in [4.78, 5) is 16.4. The lowest BCUT2D eigenvalue weighted by atomic mass is 10.2. The van der Waals surface area contributed by atoms with E-state index in [9.17, 15) is 4.79 Å². The van der Waals surface area contributed by atoms with Crippen LogP contribution in [0, 0.1) is 5.92 Å². The van der Waals surface area contributed by atoms with E-state index in [1.807, 2.05) is 0 Å². The van der Waals surface area contributed by atoms with Crippen LogP contribution >= 0.6 is 23.4 Å². The van der Waals surface area contributed by atoms with Gasteiger partial charge < -0.3 is 5.73 Å². The van der Waals surface area contributed by atoms with Gasteiger partial charge in [-0.3, -0.25) is 9.20 Å². The van der Waals surface area contributed by atoms with Crippen molar-refractivity contribution in [3.8, 4) is 0 Å². The molecule has 0 aliphatic heterocycles. The van der Waals surface area contributed by atoms with Crippen LogP contribution in [0.15, 0.2) is 29.2 Å². The van der Waals surface area contributed by atoms with Gasteiger partial charge >= 0.3 is 0 Å². The minimum Gasteiger partial charge on any atom is -0.330 e. The number of thioether (sulfide) groups is 1.